The molecule has 6 nitrogen and oxygen atoms in total. The van der Waals surface area contributed by atoms with E-state index >= 15 is 0 Å². The molecule has 2 aromatic carbocycles. The number of rotatable bonds is 7. The first-order valence-corrected chi connectivity index (χ1v) is 10.3. The number of hydrogen-bond acceptors (Lipinski definition) is 4. The van der Waals surface area contributed by atoms with Crippen LogP contribution in [0.1, 0.15) is 12.5 Å². The number of anilines is 2. The van der Waals surface area contributed by atoms with Gasteiger partial charge in [-0.2, -0.15) is 0 Å². The number of quaternary nitrogens is 1. The topological polar surface area (TPSA) is 66.2 Å². The smallest absolute Gasteiger partial charge is 0.221 e. The van der Waals surface area contributed by atoms with Crippen molar-refractivity contribution in [3.05, 3.63) is 53.1 Å². The van der Waals surface area contributed by atoms with Crippen molar-refractivity contribution < 1.29 is 19.5 Å². The average molecular weight is 419 g/mol. The molecule has 156 valence electrons. The third-order valence-electron chi connectivity index (χ3n) is 5.13. The maximum Gasteiger partial charge on any atom is 0.221 e. The summed E-state index contributed by atoms with van der Waals surface area (Å²) in [6.07, 6.45) is -0.527. The Hall–Kier alpha value is -2.28. The number of amides is 1. The van der Waals surface area contributed by atoms with E-state index in [1.54, 1.807) is 24.3 Å². The minimum absolute atomic E-state index is 0.109. The van der Waals surface area contributed by atoms with E-state index < -0.39 is 6.10 Å². The van der Waals surface area contributed by atoms with E-state index in [2.05, 4.69) is 22.3 Å². The Morgan fingerprint density at radius 3 is 2.55 bits per heavy atom. The van der Waals surface area contributed by atoms with Crippen LogP contribution in [0.3, 0.4) is 0 Å². The number of carbonyl (C=O) groups excluding carboxylic acids is 1. The van der Waals surface area contributed by atoms with Crippen LogP contribution in [0.4, 0.5) is 11.4 Å². The summed E-state index contributed by atoms with van der Waals surface area (Å²) in [5.41, 5.74) is 2.97. The third-order valence-corrected chi connectivity index (χ3v) is 5.54. The SMILES string of the molecule is CC(=O)Nc1ccc(OC[C@@H](O)C[NH+]2CCN(c3ccc(C)c(Cl)c3)CC2)cc1. The van der Waals surface area contributed by atoms with Crippen LogP contribution in [-0.4, -0.2) is 56.4 Å². The molecular weight excluding hydrogens is 390 g/mol. The molecular formula is C22H29ClN3O3+. The van der Waals surface area contributed by atoms with Crippen molar-refractivity contribution in [2.75, 3.05) is 49.5 Å². The van der Waals surface area contributed by atoms with Crippen LogP contribution in [0.25, 0.3) is 0 Å². The van der Waals surface area contributed by atoms with Crippen LogP contribution >= 0.6 is 11.6 Å². The van der Waals surface area contributed by atoms with Gasteiger partial charge in [0.05, 0.1) is 26.2 Å². The molecule has 7 heteroatoms. The number of aryl methyl sites for hydroxylation is 1. The van der Waals surface area contributed by atoms with Gasteiger partial charge in [0, 0.05) is 23.3 Å². The third kappa shape index (κ3) is 6.35. The van der Waals surface area contributed by atoms with Gasteiger partial charge in [-0.05, 0) is 48.9 Å². The number of ether oxygens (including phenoxy) is 1. The number of halogens is 1. The molecule has 1 atom stereocenters. The summed E-state index contributed by atoms with van der Waals surface area (Å²) in [5, 5.41) is 13.9. The highest BCUT2D eigenvalue weighted by molar-refractivity contribution is 6.31. The van der Waals surface area contributed by atoms with Crippen LogP contribution in [0.5, 0.6) is 5.75 Å². The highest BCUT2D eigenvalue weighted by atomic mass is 35.5. The van der Waals surface area contributed by atoms with Gasteiger partial charge >= 0.3 is 0 Å². The van der Waals surface area contributed by atoms with Crippen molar-refractivity contribution in [1.82, 2.24) is 0 Å². The zero-order valence-corrected chi connectivity index (χ0v) is 17.7. The van der Waals surface area contributed by atoms with Gasteiger partial charge in [0.25, 0.3) is 0 Å². The number of nitrogens with one attached hydrogen (secondary N) is 2. The lowest BCUT2D eigenvalue weighted by Crippen LogP contribution is -3.16. The van der Waals surface area contributed by atoms with E-state index in [4.69, 9.17) is 16.3 Å². The Morgan fingerprint density at radius 1 is 1.24 bits per heavy atom. The lowest BCUT2D eigenvalue weighted by Gasteiger charge is -2.34. The fourth-order valence-electron chi connectivity index (χ4n) is 3.49. The molecule has 3 rings (SSSR count). The zero-order chi connectivity index (χ0) is 20.8. The number of nitrogens with zero attached hydrogens (tertiary/aromatic N) is 1. The largest absolute Gasteiger partial charge is 0.491 e. The summed E-state index contributed by atoms with van der Waals surface area (Å²) in [7, 11) is 0. The molecule has 0 saturated carbocycles. The van der Waals surface area contributed by atoms with Crippen molar-refractivity contribution in [2.45, 2.75) is 20.0 Å². The van der Waals surface area contributed by atoms with E-state index in [0.29, 0.717) is 12.3 Å². The van der Waals surface area contributed by atoms with Gasteiger partial charge in [0.15, 0.2) is 0 Å². The number of hydrogen-bond donors (Lipinski definition) is 3. The molecule has 0 spiro atoms. The molecule has 1 aliphatic heterocycles. The quantitative estimate of drug-likeness (QED) is 0.641. The normalized spacial score (nSPS) is 15.8. The van der Waals surface area contributed by atoms with Crippen LogP contribution in [0.15, 0.2) is 42.5 Å². The molecule has 1 heterocycles. The molecule has 1 fully saturated rings. The Bertz CT molecular complexity index is 821. The summed E-state index contributed by atoms with van der Waals surface area (Å²) in [6, 6.07) is 13.3. The molecule has 0 bridgehead atoms. The van der Waals surface area contributed by atoms with E-state index in [9.17, 15) is 9.90 Å². The molecule has 1 aliphatic rings. The van der Waals surface area contributed by atoms with Gasteiger partial charge < -0.3 is 25.0 Å². The Balaban J connectivity index is 1.40. The van der Waals surface area contributed by atoms with E-state index in [0.717, 1.165) is 48.1 Å². The molecule has 1 saturated heterocycles. The highest BCUT2D eigenvalue weighted by Crippen LogP contribution is 2.23. The Labute approximate surface area is 177 Å². The predicted octanol–water partition coefficient (Wildman–Crippen LogP) is 1.75. The van der Waals surface area contributed by atoms with Crippen molar-refractivity contribution in [3.8, 4) is 5.75 Å². The van der Waals surface area contributed by atoms with Crippen molar-refractivity contribution in [1.29, 1.82) is 0 Å². The van der Waals surface area contributed by atoms with Gasteiger partial charge in [0.2, 0.25) is 5.91 Å². The molecule has 29 heavy (non-hydrogen) atoms. The number of piperazine rings is 1. The van der Waals surface area contributed by atoms with Gasteiger partial charge in [0.1, 0.15) is 25.0 Å². The number of carbonyl (C=O) groups is 1. The summed E-state index contributed by atoms with van der Waals surface area (Å²) in [5.74, 6) is 0.567. The van der Waals surface area contributed by atoms with Gasteiger partial charge in [-0.25, -0.2) is 0 Å². The average Bonchev–Trinajstić information content (AvgIpc) is 2.70. The molecule has 2 aromatic rings. The minimum Gasteiger partial charge on any atom is -0.491 e. The van der Waals surface area contributed by atoms with Crippen molar-refractivity contribution in [3.63, 3.8) is 0 Å². The Kier molecular flexibility index (Phi) is 7.36. The molecule has 0 radical (unpaired) electrons. The first kappa shape index (κ1) is 21.4. The second-order valence-corrected chi connectivity index (χ2v) is 7.95. The summed E-state index contributed by atoms with van der Waals surface area (Å²) in [6.45, 7) is 8.20. The van der Waals surface area contributed by atoms with Gasteiger partial charge in [-0.3, -0.25) is 4.79 Å². The number of aliphatic hydroxyl groups excluding tert-OH is 1. The lowest BCUT2D eigenvalue weighted by atomic mass is 10.2. The predicted molar refractivity (Wildman–Crippen MR) is 116 cm³/mol. The van der Waals surface area contributed by atoms with E-state index in [-0.39, 0.29) is 12.5 Å². The van der Waals surface area contributed by atoms with E-state index in [1.165, 1.54) is 11.8 Å². The second kappa shape index (κ2) is 9.96. The van der Waals surface area contributed by atoms with Crippen LogP contribution in [-0.2, 0) is 4.79 Å². The van der Waals surface area contributed by atoms with Crippen LogP contribution in [0, 0.1) is 6.92 Å². The maximum absolute atomic E-state index is 11.0. The van der Waals surface area contributed by atoms with Crippen LogP contribution < -0.4 is 19.9 Å². The fourth-order valence-corrected chi connectivity index (χ4v) is 3.66. The minimum atomic E-state index is -0.527. The summed E-state index contributed by atoms with van der Waals surface area (Å²) >= 11 is 6.25. The maximum atomic E-state index is 11.0. The van der Waals surface area contributed by atoms with E-state index in [1.807, 2.05) is 13.0 Å². The van der Waals surface area contributed by atoms with Crippen LogP contribution in [0.2, 0.25) is 5.02 Å². The fraction of sp³-hybridized carbons (Fsp3) is 0.409. The van der Waals surface area contributed by atoms with Gasteiger partial charge in [-0.1, -0.05) is 17.7 Å². The molecule has 0 aromatic heterocycles. The molecule has 3 N–H and O–H groups in total. The first-order chi connectivity index (χ1) is 13.9. The number of benzene rings is 2. The second-order valence-electron chi connectivity index (χ2n) is 7.55. The number of aliphatic hydroxyl groups is 1. The summed E-state index contributed by atoms with van der Waals surface area (Å²) < 4.78 is 5.68. The standard InChI is InChI=1S/C22H28ClN3O3/c1-16-3-6-19(13-22(16)23)26-11-9-25(10-12-26)14-20(28)15-29-21-7-4-18(5-8-21)24-17(2)27/h3-8,13,20,28H,9-12,14-15H2,1-2H3,(H,24,27)/p+1/t20-/m0/s1. The van der Waals surface area contributed by atoms with Crippen molar-refractivity contribution in [2.24, 2.45) is 0 Å². The first-order valence-electron chi connectivity index (χ1n) is 9.94. The van der Waals surface area contributed by atoms with Crippen molar-refractivity contribution >= 4 is 28.9 Å². The highest BCUT2D eigenvalue weighted by Gasteiger charge is 2.23. The van der Waals surface area contributed by atoms with Gasteiger partial charge in [-0.15, -0.1) is 0 Å². The molecule has 0 aliphatic carbocycles. The molecule has 1 amide bonds. The molecule has 0 unspecified atom stereocenters. The lowest BCUT2D eigenvalue weighted by molar-refractivity contribution is -0.903. The zero-order valence-electron chi connectivity index (χ0n) is 17.0. The Morgan fingerprint density at radius 2 is 1.93 bits per heavy atom. The summed E-state index contributed by atoms with van der Waals surface area (Å²) in [4.78, 5) is 14.8. The monoisotopic (exact) mass is 418 g/mol.